The molecule has 1 aromatic rings. The molecule has 2 fully saturated rings. The van der Waals surface area contributed by atoms with Crippen molar-refractivity contribution in [2.24, 2.45) is 5.92 Å². The Hall–Kier alpha value is -1.62. The van der Waals surface area contributed by atoms with Gasteiger partial charge in [-0.3, -0.25) is 0 Å². The van der Waals surface area contributed by atoms with Crippen molar-refractivity contribution in [2.75, 3.05) is 6.61 Å². The Bertz CT molecular complexity index is 762. The molecule has 4 atom stereocenters. The van der Waals surface area contributed by atoms with E-state index in [1.165, 1.54) is 24.0 Å². The third-order valence-electron chi connectivity index (χ3n) is 6.73. The summed E-state index contributed by atoms with van der Waals surface area (Å²) in [5.74, 6) is 1.83. The summed E-state index contributed by atoms with van der Waals surface area (Å²) in [6.45, 7) is 6.59. The van der Waals surface area contributed by atoms with Crippen molar-refractivity contribution in [2.45, 2.75) is 95.9 Å². The number of hydrogen-bond acceptors (Lipinski definition) is 4. The number of aliphatic hydroxyl groups excluding tert-OH is 2. The summed E-state index contributed by atoms with van der Waals surface area (Å²) < 4.78 is 5.96. The Labute approximate surface area is 187 Å². The first kappa shape index (κ1) is 24.0. The number of aliphatic hydroxyl groups is 3. The van der Waals surface area contributed by atoms with Crippen LogP contribution in [-0.4, -0.2) is 39.7 Å². The van der Waals surface area contributed by atoms with Crippen LogP contribution in [0.1, 0.15) is 83.6 Å². The monoisotopic (exact) mass is 428 g/mol. The lowest BCUT2D eigenvalue weighted by Gasteiger charge is -2.32. The van der Waals surface area contributed by atoms with Crippen LogP contribution < -0.4 is 4.74 Å². The summed E-state index contributed by atoms with van der Waals surface area (Å²) in [7, 11) is 0. The minimum Gasteiger partial charge on any atom is -0.494 e. The molecule has 2 aliphatic rings. The first-order chi connectivity index (χ1) is 14.7. The zero-order chi connectivity index (χ0) is 22.4. The molecule has 172 valence electrons. The predicted molar refractivity (Wildman–Crippen MR) is 125 cm³/mol. The number of benzene rings is 1. The van der Waals surface area contributed by atoms with Crippen LogP contribution in [0.25, 0.3) is 0 Å². The SMILES string of the molecule is C[C@H]1/C(=C/C=C2C[C@@H](O)C[C@H](O)C2)CCC[C@@H]1c1cccc(OCCCC(C)(C)O)c1. The second kappa shape index (κ2) is 10.8. The summed E-state index contributed by atoms with van der Waals surface area (Å²) in [6, 6.07) is 8.49. The summed E-state index contributed by atoms with van der Waals surface area (Å²) in [5, 5.41) is 29.7. The Kier molecular flexibility index (Phi) is 8.37. The van der Waals surface area contributed by atoms with Crippen molar-refractivity contribution in [3.05, 3.63) is 53.1 Å². The van der Waals surface area contributed by atoms with Crippen LogP contribution >= 0.6 is 0 Å². The zero-order valence-electron chi connectivity index (χ0n) is 19.4. The van der Waals surface area contributed by atoms with Gasteiger partial charge in [-0.1, -0.05) is 42.4 Å². The van der Waals surface area contributed by atoms with Gasteiger partial charge in [-0.15, -0.1) is 0 Å². The Morgan fingerprint density at radius 3 is 2.58 bits per heavy atom. The van der Waals surface area contributed by atoms with Crippen molar-refractivity contribution >= 4 is 0 Å². The van der Waals surface area contributed by atoms with Gasteiger partial charge in [0.15, 0.2) is 0 Å². The zero-order valence-corrected chi connectivity index (χ0v) is 19.4. The number of rotatable bonds is 7. The van der Waals surface area contributed by atoms with E-state index in [9.17, 15) is 15.3 Å². The molecule has 1 aromatic carbocycles. The van der Waals surface area contributed by atoms with Gasteiger partial charge >= 0.3 is 0 Å². The second-order valence-corrected chi connectivity index (χ2v) is 10.1. The summed E-state index contributed by atoms with van der Waals surface area (Å²) in [4.78, 5) is 0. The average molecular weight is 429 g/mol. The van der Waals surface area contributed by atoms with Gasteiger partial charge in [0.1, 0.15) is 5.75 Å². The fraction of sp³-hybridized carbons (Fsp3) is 0.630. The highest BCUT2D eigenvalue weighted by atomic mass is 16.5. The highest BCUT2D eigenvalue weighted by molar-refractivity contribution is 5.34. The van der Waals surface area contributed by atoms with Crippen molar-refractivity contribution in [3.8, 4) is 5.75 Å². The summed E-state index contributed by atoms with van der Waals surface area (Å²) >= 11 is 0. The van der Waals surface area contributed by atoms with Gasteiger partial charge in [0.25, 0.3) is 0 Å². The largest absolute Gasteiger partial charge is 0.494 e. The third kappa shape index (κ3) is 7.48. The summed E-state index contributed by atoms with van der Waals surface area (Å²) in [6.07, 6.45) is 10.4. The molecule has 0 unspecified atom stereocenters. The van der Waals surface area contributed by atoms with Crippen LogP contribution in [0.15, 0.2) is 47.6 Å². The molecule has 2 aliphatic carbocycles. The standard InChI is InChI=1S/C27H40O4/c1-19-21(12-11-20-15-23(28)18-24(29)16-20)7-5-10-26(19)22-8-4-9-25(17-22)31-14-6-13-27(2,3)30/h4,8-9,11-12,17,19,23-24,26,28-30H,5-7,10,13-16,18H2,1-3H3/b21-12+/t19-,23+,24+,26-/m0/s1. The minimum atomic E-state index is -0.644. The average Bonchev–Trinajstić information content (AvgIpc) is 2.69. The van der Waals surface area contributed by atoms with E-state index in [0.29, 0.717) is 37.7 Å². The molecule has 0 heterocycles. The van der Waals surface area contributed by atoms with E-state index < -0.39 is 17.8 Å². The molecule has 0 saturated heterocycles. The van der Waals surface area contributed by atoms with Crippen LogP contribution in [0.5, 0.6) is 5.75 Å². The molecular formula is C27H40O4. The van der Waals surface area contributed by atoms with E-state index >= 15 is 0 Å². The fourth-order valence-electron chi connectivity index (χ4n) is 5.01. The van der Waals surface area contributed by atoms with Crippen LogP contribution in [0.3, 0.4) is 0 Å². The number of hydrogen-bond donors (Lipinski definition) is 3. The second-order valence-electron chi connectivity index (χ2n) is 10.1. The number of ether oxygens (including phenoxy) is 1. The van der Waals surface area contributed by atoms with Crippen LogP contribution in [-0.2, 0) is 0 Å². The van der Waals surface area contributed by atoms with Gasteiger partial charge in [0.05, 0.1) is 24.4 Å². The predicted octanol–water partition coefficient (Wildman–Crippen LogP) is 5.28. The minimum absolute atomic E-state index is 0.420. The van der Waals surface area contributed by atoms with Gasteiger partial charge in [0.2, 0.25) is 0 Å². The van der Waals surface area contributed by atoms with Crippen molar-refractivity contribution in [1.29, 1.82) is 0 Å². The fourth-order valence-corrected chi connectivity index (χ4v) is 5.01. The van der Waals surface area contributed by atoms with E-state index in [4.69, 9.17) is 4.74 Å². The Morgan fingerprint density at radius 2 is 1.87 bits per heavy atom. The first-order valence-corrected chi connectivity index (χ1v) is 11.9. The lowest BCUT2D eigenvalue weighted by molar-refractivity contribution is 0.0608. The highest BCUT2D eigenvalue weighted by Gasteiger charge is 2.27. The highest BCUT2D eigenvalue weighted by Crippen LogP contribution is 2.41. The Morgan fingerprint density at radius 1 is 1.13 bits per heavy atom. The molecule has 0 aromatic heterocycles. The van der Waals surface area contributed by atoms with Crippen molar-refractivity contribution < 1.29 is 20.1 Å². The topological polar surface area (TPSA) is 69.9 Å². The smallest absolute Gasteiger partial charge is 0.119 e. The first-order valence-electron chi connectivity index (χ1n) is 11.9. The third-order valence-corrected chi connectivity index (χ3v) is 6.73. The summed E-state index contributed by atoms with van der Waals surface area (Å²) in [5.41, 5.74) is 3.28. The van der Waals surface area contributed by atoms with E-state index in [-0.39, 0.29) is 0 Å². The van der Waals surface area contributed by atoms with E-state index in [1.807, 2.05) is 19.9 Å². The van der Waals surface area contributed by atoms with Gasteiger partial charge in [-0.2, -0.15) is 0 Å². The normalized spacial score (nSPS) is 28.6. The molecule has 4 nitrogen and oxygen atoms in total. The molecule has 3 rings (SSSR count). The molecule has 4 heteroatoms. The van der Waals surface area contributed by atoms with E-state index in [0.717, 1.165) is 30.6 Å². The van der Waals surface area contributed by atoms with Crippen molar-refractivity contribution in [1.82, 2.24) is 0 Å². The number of allylic oxidation sites excluding steroid dienone is 3. The maximum absolute atomic E-state index is 9.93. The van der Waals surface area contributed by atoms with Crippen LogP contribution in [0.2, 0.25) is 0 Å². The van der Waals surface area contributed by atoms with Gasteiger partial charge in [0, 0.05) is 0 Å². The lowest BCUT2D eigenvalue weighted by Crippen LogP contribution is -2.24. The molecule has 0 radical (unpaired) electrons. The van der Waals surface area contributed by atoms with Gasteiger partial charge in [-0.05, 0) is 94.7 Å². The Balaban J connectivity index is 1.63. The van der Waals surface area contributed by atoms with Crippen molar-refractivity contribution in [3.63, 3.8) is 0 Å². The molecule has 0 aliphatic heterocycles. The van der Waals surface area contributed by atoms with Crippen LogP contribution in [0, 0.1) is 5.92 Å². The van der Waals surface area contributed by atoms with Crippen LogP contribution in [0.4, 0.5) is 0 Å². The molecule has 0 bridgehead atoms. The molecular weight excluding hydrogens is 388 g/mol. The van der Waals surface area contributed by atoms with E-state index in [2.05, 4.69) is 37.3 Å². The lowest BCUT2D eigenvalue weighted by atomic mass is 9.73. The molecule has 0 amide bonds. The maximum Gasteiger partial charge on any atom is 0.119 e. The molecule has 3 N–H and O–H groups in total. The maximum atomic E-state index is 9.93. The molecule has 2 saturated carbocycles. The van der Waals surface area contributed by atoms with Gasteiger partial charge < -0.3 is 20.1 Å². The molecule has 31 heavy (non-hydrogen) atoms. The van der Waals surface area contributed by atoms with Gasteiger partial charge in [-0.25, -0.2) is 0 Å². The van der Waals surface area contributed by atoms with E-state index in [1.54, 1.807) is 0 Å². The molecule has 0 spiro atoms. The quantitative estimate of drug-likeness (QED) is 0.517.